The van der Waals surface area contributed by atoms with Crippen molar-refractivity contribution < 1.29 is 4.42 Å². The summed E-state index contributed by atoms with van der Waals surface area (Å²) in [6.45, 7) is 12.1. The molecule has 0 amide bonds. The lowest BCUT2D eigenvalue weighted by Gasteiger charge is -2.12. The molecule has 0 spiro atoms. The van der Waals surface area contributed by atoms with Gasteiger partial charge in [0.15, 0.2) is 11.4 Å². The molecule has 0 atom stereocenters. The van der Waals surface area contributed by atoms with Crippen LogP contribution in [-0.4, -0.2) is 14.5 Å². The molecular formula is C40H31N3O. The molecule has 0 fully saturated rings. The van der Waals surface area contributed by atoms with Crippen LogP contribution in [-0.2, 0) is 0 Å². The van der Waals surface area contributed by atoms with Crippen molar-refractivity contribution in [3.63, 3.8) is 0 Å². The minimum absolute atomic E-state index is 0.579. The van der Waals surface area contributed by atoms with Crippen LogP contribution >= 0.6 is 0 Å². The molecule has 44 heavy (non-hydrogen) atoms. The Labute approximate surface area is 256 Å². The fourth-order valence-electron chi connectivity index (χ4n) is 5.98. The van der Waals surface area contributed by atoms with Gasteiger partial charge in [-0.3, -0.25) is 0 Å². The molecule has 0 aliphatic heterocycles. The molecule has 4 aromatic carbocycles. The van der Waals surface area contributed by atoms with E-state index in [-0.39, 0.29) is 0 Å². The SMILES string of the molecule is C=CC=C(C=C)c1nc(-c2ccc3c(c2)c(C)c(C=CC)n3-c2cccc(-c3ccccc3)c2)c2oc3ccccc3c2n1. The third-order valence-electron chi connectivity index (χ3n) is 8.07. The van der Waals surface area contributed by atoms with Gasteiger partial charge in [-0.05, 0) is 73.0 Å². The standard InChI is InChI=1S/C40H31N3O/c1-5-14-27(7-3)40-41-37(39-38(42-40)32-20-11-12-21-36(32)44-39)30-22-23-35-33(25-30)26(4)34(15-6-2)43(35)31-19-13-18-29(24-31)28-16-9-8-10-17-28/h5-25H,1,3H2,2,4H3. The van der Waals surface area contributed by atoms with Gasteiger partial charge in [-0.1, -0.05) is 98.1 Å². The summed E-state index contributed by atoms with van der Waals surface area (Å²) >= 11 is 0. The molecule has 7 aromatic rings. The first-order valence-electron chi connectivity index (χ1n) is 14.7. The fraction of sp³-hybridized carbons (Fsp3) is 0.0500. The molecular weight excluding hydrogens is 538 g/mol. The summed E-state index contributed by atoms with van der Waals surface area (Å²) in [6.07, 6.45) is 9.64. The molecule has 0 saturated heterocycles. The van der Waals surface area contributed by atoms with Crippen molar-refractivity contribution in [2.45, 2.75) is 13.8 Å². The Morgan fingerprint density at radius 2 is 1.59 bits per heavy atom. The maximum absolute atomic E-state index is 6.39. The summed E-state index contributed by atoms with van der Waals surface area (Å²) < 4.78 is 8.73. The fourth-order valence-corrected chi connectivity index (χ4v) is 5.98. The monoisotopic (exact) mass is 569 g/mol. The molecule has 7 rings (SSSR count). The van der Waals surface area contributed by atoms with Gasteiger partial charge in [0, 0.05) is 33.3 Å². The highest BCUT2D eigenvalue weighted by molar-refractivity contribution is 6.07. The summed E-state index contributed by atoms with van der Waals surface area (Å²) in [7, 11) is 0. The number of nitrogens with zero attached hydrogens (tertiary/aromatic N) is 3. The maximum Gasteiger partial charge on any atom is 0.180 e. The van der Waals surface area contributed by atoms with Gasteiger partial charge in [-0.25, -0.2) is 9.97 Å². The van der Waals surface area contributed by atoms with Gasteiger partial charge in [0.05, 0.1) is 5.52 Å². The first-order valence-corrected chi connectivity index (χ1v) is 14.7. The largest absolute Gasteiger partial charge is 0.452 e. The molecule has 3 heterocycles. The van der Waals surface area contributed by atoms with Gasteiger partial charge in [0.2, 0.25) is 0 Å². The van der Waals surface area contributed by atoms with Crippen LogP contribution in [0.2, 0.25) is 0 Å². The number of furan rings is 1. The second-order valence-electron chi connectivity index (χ2n) is 10.7. The van der Waals surface area contributed by atoms with Crippen LogP contribution in [0.3, 0.4) is 0 Å². The van der Waals surface area contributed by atoms with Gasteiger partial charge in [0.25, 0.3) is 0 Å². The number of aromatic nitrogens is 3. The van der Waals surface area contributed by atoms with E-state index in [9.17, 15) is 0 Å². The third kappa shape index (κ3) is 4.48. The molecule has 4 heteroatoms. The number of fused-ring (bicyclic) bond motifs is 4. The molecule has 0 saturated carbocycles. The van der Waals surface area contributed by atoms with E-state index in [1.54, 1.807) is 12.2 Å². The van der Waals surface area contributed by atoms with Crippen LogP contribution < -0.4 is 0 Å². The Hall–Kier alpha value is -5.74. The molecule has 0 aliphatic carbocycles. The van der Waals surface area contributed by atoms with E-state index >= 15 is 0 Å². The summed E-state index contributed by atoms with van der Waals surface area (Å²) in [5.41, 5.74) is 11.7. The molecule has 3 aromatic heterocycles. The topological polar surface area (TPSA) is 43.9 Å². The van der Waals surface area contributed by atoms with Crippen LogP contribution in [0.15, 0.2) is 139 Å². The second kappa shape index (κ2) is 11.2. The zero-order valence-corrected chi connectivity index (χ0v) is 24.8. The summed E-state index contributed by atoms with van der Waals surface area (Å²) in [6, 6.07) is 33.7. The van der Waals surface area contributed by atoms with Crippen LogP contribution in [0.5, 0.6) is 0 Å². The van der Waals surface area contributed by atoms with Gasteiger partial charge in [-0.15, -0.1) is 0 Å². The number of rotatable bonds is 7. The van der Waals surface area contributed by atoms with E-state index in [4.69, 9.17) is 14.4 Å². The lowest BCUT2D eigenvalue weighted by Crippen LogP contribution is -1.98. The maximum atomic E-state index is 6.39. The van der Waals surface area contributed by atoms with Crippen molar-refractivity contribution in [1.29, 1.82) is 0 Å². The van der Waals surface area contributed by atoms with E-state index in [2.05, 4.69) is 110 Å². The highest BCUT2D eigenvalue weighted by Gasteiger charge is 2.20. The average Bonchev–Trinajstić information content (AvgIpc) is 3.58. The number of aryl methyl sites for hydroxylation is 1. The predicted molar refractivity (Wildman–Crippen MR) is 185 cm³/mol. The number of benzene rings is 4. The smallest absolute Gasteiger partial charge is 0.180 e. The lowest BCUT2D eigenvalue weighted by molar-refractivity contribution is 0.667. The van der Waals surface area contributed by atoms with Crippen molar-refractivity contribution in [3.05, 3.63) is 152 Å². The Kier molecular flexibility index (Phi) is 6.88. The third-order valence-corrected chi connectivity index (χ3v) is 8.07. The van der Waals surface area contributed by atoms with Crippen molar-refractivity contribution >= 4 is 44.6 Å². The number of hydrogen-bond acceptors (Lipinski definition) is 3. The molecule has 212 valence electrons. The van der Waals surface area contributed by atoms with Gasteiger partial charge in [-0.2, -0.15) is 0 Å². The van der Waals surface area contributed by atoms with Crippen LogP contribution in [0.4, 0.5) is 0 Å². The Morgan fingerprint density at radius 3 is 2.39 bits per heavy atom. The number of hydrogen-bond donors (Lipinski definition) is 0. The number of para-hydroxylation sites is 1. The Bertz CT molecular complexity index is 2280. The van der Waals surface area contributed by atoms with E-state index in [0.29, 0.717) is 11.4 Å². The Morgan fingerprint density at radius 1 is 0.795 bits per heavy atom. The van der Waals surface area contributed by atoms with Crippen LogP contribution in [0.25, 0.3) is 72.7 Å². The average molecular weight is 570 g/mol. The van der Waals surface area contributed by atoms with Gasteiger partial charge >= 0.3 is 0 Å². The van der Waals surface area contributed by atoms with E-state index in [1.165, 1.54) is 16.7 Å². The molecule has 0 aliphatic rings. The van der Waals surface area contributed by atoms with Crippen LogP contribution in [0, 0.1) is 6.92 Å². The quantitative estimate of drug-likeness (QED) is 0.179. The highest BCUT2D eigenvalue weighted by atomic mass is 16.3. The minimum Gasteiger partial charge on any atom is -0.452 e. The molecule has 0 radical (unpaired) electrons. The summed E-state index contributed by atoms with van der Waals surface area (Å²) in [4.78, 5) is 9.98. The first-order chi connectivity index (χ1) is 21.6. The molecule has 0 N–H and O–H groups in total. The van der Waals surface area contributed by atoms with E-state index in [1.807, 2.05) is 36.4 Å². The molecule has 0 unspecified atom stereocenters. The van der Waals surface area contributed by atoms with Gasteiger partial charge < -0.3 is 8.98 Å². The minimum atomic E-state index is 0.579. The lowest BCUT2D eigenvalue weighted by atomic mass is 10.0. The van der Waals surface area contributed by atoms with Gasteiger partial charge in [0.1, 0.15) is 16.8 Å². The predicted octanol–water partition coefficient (Wildman–Crippen LogP) is 10.8. The van der Waals surface area contributed by atoms with E-state index in [0.717, 1.165) is 55.6 Å². The molecule has 0 bridgehead atoms. The number of allylic oxidation sites excluding steroid dienone is 5. The zero-order chi connectivity index (χ0) is 30.2. The van der Waals surface area contributed by atoms with Crippen molar-refractivity contribution in [2.24, 2.45) is 0 Å². The van der Waals surface area contributed by atoms with Crippen molar-refractivity contribution in [2.75, 3.05) is 0 Å². The van der Waals surface area contributed by atoms with Crippen molar-refractivity contribution in [1.82, 2.24) is 14.5 Å². The zero-order valence-electron chi connectivity index (χ0n) is 24.8. The summed E-state index contributed by atoms with van der Waals surface area (Å²) in [5, 5.41) is 2.10. The second-order valence-corrected chi connectivity index (χ2v) is 10.7. The Balaban J connectivity index is 1.47. The summed E-state index contributed by atoms with van der Waals surface area (Å²) in [5.74, 6) is 0.579. The first kappa shape index (κ1) is 27.1. The van der Waals surface area contributed by atoms with Crippen molar-refractivity contribution in [3.8, 4) is 28.1 Å². The highest BCUT2D eigenvalue weighted by Crippen LogP contribution is 2.38. The molecule has 4 nitrogen and oxygen atoms in total. The van der Waals surface area contributed by atoms with Crippen LogP contribution in [0.1, 0.15) is 24.0 Å². The van der Waals surface area contributed by atoms with E-state index < -0.39 is 0 Å². The normalized spacial score (nSPS) is 12.1.